The summed E-state index contributed by atoms with van der Waals surface area (Å²) in [5.41, 5.74) is 4.49. The highest BCUT2D eigenvalue weighted by Crippen LogP contribution is 2.32. The minimum atomic E-state index is -0.726. The predicted molar refractivity (Wildman–Crippen MR) is 182 cm³/mol. The van der Waals surface area contributed by atoms with Crippen LogP contribution >= 0.6 is 0 Å². The van der Waals surface area contributed by atoms with Crippen LogP contribution in [0.4, 0.5) is 10.5 Å². The molecule has 2 fully saturated rings. The maximum absolute atomic E-state index is 14.3. The topological polar surface area (TPSA) is 105 Å². The smallest absolute Gasteiger partial charge is 0.332 e. The molecule has 2 atom stereocenters. The van der Waals surface area contributed by atoms with Gasteiger partial charge in [0.1, 0.15) is 12.2 Å². The molecule has 0 unspecified atom stereocenters. The van der Waals surface area contributed by atoms with Gasteiger partial charge in [-0.15, -0.1) is 6.58 Å². The van der Waals surface area contributed by atoms with E-state index in [2.05, 4.69) is 30.6 Å². The van der Waals surface area contributed by atoms with Crippen LogP contribution in [0.5, 0.6) is 0 Å². The Kier molecular flexibility index (Phi) is 10.7. The molecule has 0 bridgehead atoms. The molecular weight excluding hydrogens is 578 g/mol. The summed E-state index contributed by atoms with van der Waals surface area (Å²) >= 11 is 0. The van der Waals surface area contributed by atoms with Gasteiger partial charge in [-0.25, -0.2) is 10.6 Å². The molecule has 2 aromatic rings. The second-order valence-electron chi connectivity index (χ2n) is 11.8. The summed E-state index contributed by atoms with van der Waals surface area (Å²) in [4.78, 5) is 45.3. The number of anilines is 1. The van der Waals surface area contributed by atoms with Crippen molar-refractivity contribution in [3.63, 3.8) is 0 Å². The normalized spacial score (nSPS) is 19.5. The second kappa shape index (κ2) is 15.1. The number of amides is 4. The third kappa shape index (κ3) is 7.08. The molecule has 3 aliphatic rings. The number of nitrogens with two attached hydrogens (primary N) is 1. The Morgan fingerprint density at radius 2 is 1.91 bits per heavy atom. The number of carbonyl (C=O) groups is 3. The van der Waals surface area contributed by atoms with E-state index in [1.807, 2.05) is 66.5 Å². The molecule has 3 N–H and O–H groups in total. The van der Waals surface area contributed by atoms with Crippen LogP contribution in [0, 0.1) is 0 Å². The molecule has 0 spiro atoms. The van der Waals surface area contributed by atoms with E-state index in [4.69, 9.17) is 5.84 Å². The fraction of sp³-hybridized carbons (Fsp3) is 0.361. The first-order valence-corrected chi connectivity index (χ1v) is 16.0. The van der Waals surface area contributed by atoms with Gasteiger partial charge in [-0.2, -0.15) is 5.01 Å². The Morgan fingerprint density at radius 1 is 1.11 bits per heavy atom. The number of hydrogen-bond acceptors (Lipinski definition) is 6. The van der Waals surface area contributed by atoms with E-state index in [9.17, 15) is 14.4 Å². The van der Waals surface area contributed by atoms with Gasteiger partial charge < -0.3 is 20.1 Å². The number of rotatable bonds is 13. The zero-order valence-electron chi connectivity index (χ0n) is 26.7. The van der Waals surface area contributed by atoms with Crippen LogP contribution in [-0.4, -0.2) is 82.6 Å². The first-order valence-electron chi connectivity index (χ1n) is 16.0. The van der Waals surface area contributed by atoms with Crippen molar-refractivity contribution >= 4 is 29.6 Å². The van der Waals surface area contributed by atoms with Crippen molar-refractivity contribution < 1.29 is 14.4 Å². The van der Waals surface area contributed by atoms with Crippen LogP contribution in [0.2, 0.25) is 0 Å². The number of hydrazine groups is 2. The monoisotopic (exact) mass is 623 g/mol. The lowest BCUT2D eigenvalue weighted by atomic mass is 9.99. The van der Waals surface area contributed by atoms with Gasteiger partial charge in [0.2, 0.25) is 11.8 Å². The van der Waals surface area contributed by atoms with E-state index in [1.54, 1.807) is 32.0 Å². The van der Waals surface area contributed by atoms with Crippen molar-refractivity contribution in [3.05, 3.63) is 108 Å². The summed E-state index contributed by atoms with van der Waals surface area (Å²) in [6.45, 7) is 11.6. The zero-order chi connectivity index (χ0) is 32.6. The third-order valence-electron chi connectivity index (χ3n) is 8.68. The van der Waals surface area contributed by atoms with Crippen LogP contribution in [0.1, 0.15) is 42.9 Å². The number of para-hydroxylation sites is 1. The molecule has 10 nitrogen and oxygen atoms in total. The fourth-order valence-electron chi connectivity index (χ4n) is 6.54. The highest BCUT2D eigenvalue weighted by molar-refractivity contribution is 5.92. The minimum absolute atomic E-state index is 0.0141. The fourth-order valence-corrected chi connectivity index (χ4v) is 6.54. The predicted octanol–water partition coefficient (Wildman–Crippen LogP) is 4.23. The van der Waals surface area contributed by atoms with Gasteiger partial charge in [-0.1, -0.05) is 92.4 Å². The molecule has 5 rings (SSSR count). The van der Waals surface area contributed by atoms with E-state index in [1.165, 1.54) is 0 Å². The maximum Gasteiger partial charge on any atom is 0.332 e. The standard InChI is InChI=1S/C36H45N7O3/c1-4-20-40(37)34-29(6-3)18-13-19-30(34)24-39-25-32-42(41(21-5-2)36(46)38-23-28-16-11-8-12-17-28)26-33(44)43(32)31(35(39)45)22-27-14-9-7-10-15-27/h4,6-7,9-11,13-19,31-32H,1,3,5,8,12,20-26,37H2,2H3,(H,38,46)/t31-,32+/m0/s1. The van der Waals surface area contributed by atoms with Gasteiger partial charge in [0, 0.05) is 26.1 Å². The summed E-state index contributed by atoms with van der Waals surface area (Å²) in [7, 11) is 0. The van der Waals surface area contributed by atoms with Gasteiger partial charge in [-0.3, -0.25) is 14.6 Å². The van der Waals surface area contributed by atoms with Crippen LogP contribution in [0.15, 0.2) is 91.6 Å². The van der Waals surface area contributed by atoms with E-state index < -0.39 is 12.2 Å². The summed E-state index contributed by atoms with van der Waals surface area (Å²) < 4.78 is 0. The molecule has 4 amide bonds. The Labute approximate surface area is 272 Å². The Balaban J connectivity index is 1.47. The number of benzene rings is 2. The van der Waals surface area contributed by atoms with Crippen molar-refractivity contribution in [2.45, 2.75) is 51.4 Å². The summed E-state index contributed by atoms with van der Waals surface area (Å²) in [5, 5.41) is 8.16. The van der Waals surface area contributed by atoms with E-state index in [0.29, 0.717) is 32.5 Å². The summed E-state index contributed by atoms with van der Waals surface area (Å²) in [5.74, 6) is 6.15. The third-order valence-corrected chi connectivity index (χ3v) is 8.68. The SMILES string of the molecule is C=CCN(N)c1c(C=C)cccc1CN1C[C@H]2N(C(=O)CN2N(CCC)C(=O)NCC2=CCCC=C2)[C@@H](Cc2ccccc2)C1=O. The molecule has 242 valence electrons. The zero-order valence-corrected chi connectivity index (χ0v) is 26.7. The molecule has 2 aromatic carbocycles. The van der Waals surface area contributed by atoms with Gasteiger partial charge >= 0.3 is 6.03 Å². The molecule has 1 aliphatic carbocycles. The van der Waals surface area contributed by atoms with E-state index >= 15 is 0 Å². The first kappa shape index (κ1) is 32.7. The lowest BCUT2D eigenvalue weighted by Crippen LogP contribution is -2.66. The first-order chi connectivity index (χ1) is 22.4. The molecular formula is C36H45N7O3. The average Bonchev–Trinajstić information content (AvgIpc) is 3.40. The molecule has 2 aliphatic heterocycles. The van der Waals surface area contributed by atoms with E-state index in [-0.39, 0.29) is 37.5 Å². The Hall–Kier alpha value is -4.67. The lowest BCUT2D eigenvalue weighted by molar-refractivity contribution is -0.157. The number of piperazine rings is 1. The number of urea groups is 1. The highest BCUT2D eigenvalue weighted by Gasteiger charge is 2.52. The van der Waals surface area contributed by atoms with Crippen molar-refractivity contribution in [3.8, 4) is 0 Å². The maximum atomic E-state index is 14.3. The van der Waals surface area contributed by atoms with Crippen LogP contribution in [0.3, 0.4) is 0 Å². The van der Waals surface area contributed by atoms with Gasteiger partial charge in [0.05, 0.1) is 25.3 Å². The number of allylic oxidation sites excluding steroid dienone is 2. The molecule has 0 radical (unpaired) electrons. The number of nitrogens with zero attached hydrogens (tertiary/aromatic N) is 5. The quantitative estimate of drug-likeness (QED) is 0.197. The van der Waals surface area contributed by atoms with Crippen LogP contribution in [-0.2, 0) is 22.6 Å². The number of fused-ring (bicyclic) bond motifs is 1. The van der Waals surface area contributed by atoms with Crippen LogP contribution in [0.25, 0.3) is 6.08 Å². The molecule has 2 saturated heterocycles. The minimum Gasteiger partial charge on any atom is -0.333 e. The molecule has 10 heteroatoms. The number of hydrogen-bond donors (Lipinski definition) is 2. The van der Waals surface area contributed by atoms with Crippen molar-refractivity contribution in [1.82, 2.24) is 25.1 Å². The Bertz CT molecular complexity index is 1500. The van der Waals surface area contributed by atoms with Crippen molar-refractivity contribution in [1.29, 1.82) is 0 Å². The molecule has 0 aromatic heterocycles. The molecule has 2 heterocycles. The molecule has 0 saturated carbocycles. The number of carbonyl (C=O) groups excluding carboxylic acids is 3. The van der Waals surface area contributed by atoms with Crippen molar-refractivity contribution in [2.75, 3.05) is 37.7 Å². The van der Waals surface area contributed by atoms with Gasteiger partial charge in [0.25, 0.3) is 0 Å². The molecule has 46 heavy (non-hydrogen) atoms. The van der Waals surface area contributed by atoms with Gasteiger partial charge in [-0.05, 0) is 41.5 Å². The van der Waals surface area contributed by atoms with E-state index in [0.717, 1.165) is 40.8 Å². The summed E-state index contributed by atoms with van der Waals surface area (Å²) in [6.07, 6.45) is 12.3. The van der Waals surface area contributed by atoms with Crippen LogP contribution < -0.4 is 16.2 Å². The largest absolute Gasteiger partial charge is 0.333 e. The second-order valence-corrected chi connectivity index (χ2v) is 11.8. The van der Waals surface area contributed by atoms with Crippen molar-refractivity contribution in [2.24, 2.45) is 5.84 Å². The number of nitrogens with one attached hydrogen (secondary N) is 1. The lowest BCUT2D eigenvalue weighted by Gasteiger charge is -2.46. The Morgan fingerprint density at radius 3 is 2.61 bits per heavy atom. The van der Waals surface area contributed by atoms with Gasteiger partial charge in [0.15, 0.2) is 0 Å². The average molecular weight is 624 g/mol. The highest BCUT2D eigenvalue weighted by atomic mass is 16.2. The summed E-state index contributed by atoms with van der Waals surface area (Å²) in [6, 6.07) is 14.6.